The summed E-state index contributed by atoms with van der Waals surface area (Å²) >= 11 is 5.92. The van der Waals surface area contributed by atoms with Gasteiger partial charge in [-0.05, 0) is 30.0 Å². The molecule has 1 aromatic carbocycles. The van der Waals surface area contributed by atoms with Crippen LogP contribution in [0, 0.1) is 5.92 Å². The van der Waals surface area contributed by atoms with Crippen molar-refractivity contribution in [1.29, 1.82) is 0 Å². The molecule has 88 valence electrons. The largest absolute Gasteiger partial charge is 0.373 e. The Morgan fingerprint density at radius 1 is 1.56 bits per heavy atom. The van der Waals surface area contributed by atoms with Crippen LogP contribution in [0.5, 0.6) is 0 Å². The molecule has 0 aliphatic heterocycles. The second-order valence-electron chi connectivity index (χ2n) is 3.80. The van der Waals surface area contributed by atoms with Crippen LogP contribution in [0.4, 0.5) is 0 Å². The summed E-state index contributed by atoms with van der Waals surface area (Å²) in [6, 6.07) is 7.51. The lowest BCUT2D eigenvalue weighted by atomic mass is 9.85. The molecule has 0 fully saturated rings. The van der Waals surface area contributed by atoms with Crippen molar-refractivity contribution in [2.75, 3.05) is 0 Å². The van der Waals surface area contributed by atoms with Crippen LogP contribution in [0.15, 0.2) is 24.3 Å². The minimum absolute atomic E-state index is 0.0785. The minimum atomic E-state index is -0.396. The summed E-state index contributed by atoms with van der Waals surface area (Å²) in [5.41, 5.74) is 1.04. The monoisotopic (exact) mass is 241 g/mol. The van der Waals surface area contributed by atoms with Crippen molar-refractivity contribution in [1.82, 2.24) is 0 Å². The molecule has 2 unspecified atom stereocenters. The van der Waals surface area contributed by atoms with Crippen molar-refractivity contribution >= 4 is 17.6 Å². The fourth-order valence-corrected chi connectivity index (χ4v) is 2.09. The first kappa shape index (κ1) is 13.0. The number of hydrogen-bond acceptors (Lipinski definition) is 3. The number of benzene rings is 1. The summed E-state index contributed by atoms with van der Waals surface area (Å²) in [7, 11) is 0. The lowest BCUT2D eigenvalue weighted by Gasteiger charge is -2.20. The Kier molecular flexibility index (Phi) is 4.77. The zero-order chi connectivity index (χ0) is 12.1. The number of nitrogens with two attached hydrogens (primary N) is 1. The predicted molar refractivity (Wildman–Crippen MR) is 63.9 cm³/mol. The highest BCUT2D eigenvalue weighted by molar-refractivity contribution is 6.30. The average Bonchev–Trinajstić information content (AvgIpc) is 2.29. The van der Waals surface area contributed by atoms with E-state index in [9.17, 15) is 4.79 Å². The molecule has 0 saturated carbocycles. The minimum Gasteiger partial charge on any atom is -0.373 e. The molecule has 0 bridgehead atoms. The van der Waals surface area contributed by atoms with E-state index in [0.717, 1.165) is 12.0 Å². The van der Waals surface area contributed by atoms with Gasteiger partial charge in [0.1, 0.15) is 0 Å². The van der Waals surface area contributed by atoms with Gasteiger partial charge in [-0.1, -0.05) is 37.6 Å². The van der Waals surface area contributed by atoms with E-state index in [1.807, 2.05) is 38.1 Å². The number of carbonyl (C=O) groups excluding carboxylic acids is 1. The van der Waals surface area contributed by atoms with Crippen LogP contribution in [0.1, 0.15) is 31.7 Å². The van der Waals surface area contributed by atoms with Gasteiger partial charge in [0.05, 0.1) is 5.92 Å². The molecule has 2 N–H and O–H groups in total. The van der Waals surface area contributed by atoms with Gasteiger partial charge in [-0.2, -0.15) is 5.90 Å². The van der Waals surface area contributed by atoms with Gasteiger partial charge >= 0.3 is 5.97 Å². The van der Waals surface area contributed by atoms with Gasteiger partial charge in [-0.15, -0.1) is 0 Å². The zero-order valence-corrected chi connectivity index (χ0v) is 10.2. The first-order chi connectivity index (χ1) is 7.60. The van der Waals surface area contributed by atoms with Crippen molar-refractivity contribution < 1.29 is 9.63 Å². The lowest BCUT2D eigenvalue weighted by molar-refractivity contribution is -0.149. The standard InChI is InChI=1S/C12H16ClNO2/c1-3-11(8(2)12(15)16-14)9-5-4-6-10(13)7-9/h4-8,11H,3,14H2,1-2H3. The van der Waals surface area contributed by atoms with Crippen LogP contribution >= 0.6 is 11.6 Å². The second kappa shape index (κ2) is 5.87. The SMILES string of the molecule is CCC(c1cccc(Cl)c1)C(C)C(=O)ON. The topological polar surface area (TPSA) is 52.3 Å². The summed E-state index contributed by atoms with van der Waals surface area (Å²) < 4.78 is 0. The maximum Gasteiger partial charge on any atom is 0.327 e. The highest BCUT2D eigenvalue weighted by atomic mass is 35.5. The van der Waals surface area contributed by atoms with Crippen LogP contribution in [-0.2, 0) is 9.63 Å². The molecule has 3 nitrogen and oxygen atoms in total. The molecule has 0 aliphatic rings. The van der Waals surface area contributed by atoms with Crippen molar-refractivity contribution in [2.45, 2.75) is 26.2 Å². The summed E-state index contributed by atoms with van der Waals surface area (Å²) in [5, 5.41) is 0.671. The number of halogens is 1. The third-order valence-corrected chi connectivity index (χ3v) is 3.04. The predicted octanol–water partition coefficient (Wildman–Crippen LogP) is 2.89. The van der Waals surface area contributed by atoms with E-state index in [-0.39, 0.29) is 11.8 Å². The fourth-order valence-electron chi connectivity index (χ4n) is 1.89. The van der Waals surface area contributed by atoms with Crippen molar-refractivity contribution in [3.05, 3.63) is 34.9 Å². The molecule has 16 heavy (non-hydrogen) atoms. The van der Waals surface area contributed by atoms with Gasteiger partial charge in [-0.25, -0.2) is 0 Å². The molecule has 4 heteroatoms. The van der Waals surface area contributed by atoms with Gasteiger partial charge in [-0.3, -0.25) is 4.79 Å². The van der Waals surface area contributed by atoms with Gasteiger partial charge in [0, 0.05) is 5.02 Å². The zero-order valence-electron chi connectivity index (χ0n) is 9.44. The van der Waals surface area contributed by atoms with Crippen LogP contribution in [0.25, 0.3) is 0 Å². The molecular weight excluding hydrogens is 226 g/mol. The second-order valence-corrected chi connectivity index (χ2v) is 4.23. The quantitative estimate of drug-likeness (QED) is 0.825. The fraction of sp³-hybridized carbons (Fsp3) is 0.417. The molecule has 1 aromatic rings. The van der Waals surface area contributed by atoms with E-state index in [4.69, 9.17) is 17.5 Å². The lowest BCUT2D eigenvalue weighted by Crippen LogP contribution is -2.24. The Morgan fingerprint density at radius 3 is 2.75 bits per heavy atom. The Balaban J connectivity index is 2.94. The van der Waals surface area contributed by atoms with Gasteiger partial charge in [0.25, 0.3) is 0 Å². The summed E-state index contributed by atoms with van der Waals surface area (Å²) in [4.78, 5) is 15.7. The van der Waals surface area contributed by atoms with Crippen LogP contribution < -0.4 is 5.90 Å². The van der Waals surface area contributed by atoms with E-state index in [2.05, 4.69) is 4.84 Å². The normalized spacial score (nSPS) is 14.2. The summed E-state index contributed by atoms with van der Waals surface area (Å²) in [6.45, 7) is 3.83. The number of rotatable bonds is 4. The van der Waals surface area contributed by atoms with Gasteiger partial charge < -0.3 is 4.84 Å². The third kappa shape index (κ3) is 2.97. The molecule has 0 saturated heterocycles. The third-order valence-electron chi connectivity index (χ3n) is 2.81. The highest BCUT2D eigenvalue weighted by Crippen LogP contribution is 2.30. The van der Waals surface area contributed by atoms with Crippen molar-refractivity contribution in [2.24, 2.45) is 11.8 Å². The average molecular weight is 242 g/mol. The van der Waals surface area contributed by atoms with E-state index < -0.39 is 5.97 Å². The van der Waals surface area contributed by atoms with E-state index >= 15 is 0 Å². The molecule has 0 heterocycles. The molecule has 0 aromatic heterocycles. The Bertz CT molecular complexity index is 368. The number of hydrogen-bond donors (Lipinski definition) is 1. The van der Waals surface area contributed by atoms with E-state index in [1.165, 1.54) is 0 Å². The maximum absolute atomic E-state index is 11.4. The Morgan fingerprint density at radius 2 is 2.25 bits per heavy atom. The molecule has 2 atom stereocenters. The van der Waals surface area contributed by atoms with Gasteiger partial charge in [0.15, 0.2) is 0 Å². The maximum atomic E-state index is 11.4. The highest BCUT2D eigenvalue weighted by Gasteiger charge is 2.25. The smallest absolute Gasteiger partial charge is 0.327 e. The van der Waals surface area contributed by atoms with E-state index in [1.54, 1.807) is 0 Å². The molecular formula is C12H16ClNO2. The van der Waals surface area contributed by atoms with Crippen LogP contribution in [0.3, 0.4) is 0 Å². The van der Waals surface area contributed by atoms with Crippen LogP contribution in [0.2, 0.25) is 5.02 Å². The molecule has 1 rings (SSSR count). The van der Waals surface area contributed by atoms with Crippen molar-refractivity contribution in [3.8, 4) is 0 Å². The first-order valence-corrected chi connectivity index (χ1v) is 5.64. The van der Waals surface area contributed by atoms with E-state index in [0.29, 0.717) is 5.02 Å². The molecule has 0 radical (unpaired) electrons. The van der Waals surface area contributed by atoms with Crippen LogP contribution in [-0.4, -0.2) is 5.97 Å². The van der Waals surface area contributed by atoms with Gasteiger partial charge in [0.2, 0.25) is 0 Å². The van der Waals surface area contributed by atoms with Crippen molar-refractivity contribution in [3.63, 3.8) is 0 Å². The summed E-state index contributed by atoms with van der Waals surface area (Å²) in [5.74, 6) is 4.31. The molecule has 0 aliphatic carbocycles. The number of carbonyl (C=O) groups is 1. The summed E-state index contributed by atoms with van der Waals surface area (Å²) in [6.07, 6.45) is 0.830. The Hall–Kier alpha value is -1.06. The molecule has 0 spiro atoms. The Labute approximate surface area is 100 Å². The molecule has 0 amide bonds. The first-order valence-electron chi connectivity index (χ1n) is 5.26.